The molecule has 0 radical (unpaired) electrons. The number of piperazine rings is 1. The molecule has 3 rings (SSSR count). The van der Waals surface area contributed by atoms with E-state index in [0.29, 0.717) is 19.7 Å². The number of hydrogen-bond acceptors (Lipinski definition) is 6. The van der Waals surface area contributed by atoms with E-state index in [0.717, 1.165) is 11.4 Å². The van der Waals surface area contributed by atoms with E-state index < -0.39 is 15.9 Å². The van der Waals surface area contributed by atoms with Crippen LogP contribution in [0.3, 0.4) is 0 Å². The first-order valence-electron chi connectivity index (χ1n) is 9.78. The second-order valence-electron chi connectivity index (χ2n) is 6.81. The van der Waals surface area contributed by atoms with Gasteiger partial charge in [0.1, 0.15) is 5.75 Å². The fourth-order valence-corrected chi connectivity index (χ4v) is 4.91. The number of carbonyl (C=O) groups excluding carboxylic acids is 1. The third-order valence-electron chi connectivity index (χ3n) is 4.78. The van der Waals surface area contributed by atoms with Crippen LogP contribution in [0.5, 0.6) is 5.75 Å². The maximum atomic E-state index is 13.2. The quantitative estimate of drug-likeness (QED) is 0.630. The summed E-state index contributed by atoms with van der Waals surface area (Å²) in [5, 5.41) is 6.45. The van der Waals surface area contributed by atoms with E-state index in [-0.39, 0.29) is 30.2 Å². The number of aromatic nitrogens is 2. The van der Waals surface area contributed by atoms with Gasteiger partial charge in [-0.1, -0.05) is 18.2 Å². The molecule has 0 saturated carbocycles. The highest BCUT2D eigenvalue weighted by atomic mass is 32.2. The zero-order chi connectivity index (χ0) is 21.7. The van der Waals surface area contributed by atoms with Gasteiger partial charge in [0.05, 0.1) is 17.9 Å². The van der Waals surface area contributed by atoms with Crippen LogP contribution in [0.1, 0.15) is 17.3 Å². The summed E-state index contributed by atoms with van der Waals surface area (Å²) in [6.07, 6.45) is 2.95. The molecule has 0 atom stereocenters. The molecule has 1 saturated heterocycles. The van der Waals surface area contributed by atoms with E-state index in [4.69, 9.17) is 4.74 Å². The molecular formula is C20H27N5O4S. The Balaban J connectivity index is 1.77. The molecule has 1 aromatic heterocycles. The van der Waals surface area contributed by atoms with Gasteiger partial charge in [0, 0.05) is 46.0 Å². The Morgan fingerprint density at radius 3 is 2.63 bits per heavy atom. The molecular weight excluding hydrogens is 406 g/mol. The molecule has 9 nitrogen and oxygen atoms in total. The fraction of sp³-hybridized carbons (Fsp3) is 0.400. The van der Waals surface area contributed by atoms with Crippen molar-refractivity contribution in [3.05, 3.63) is 48.7 Å². The second kappa shape index (κ2) is 9.31. The highest BCUT2D eigenvalue weighted by Crippen LogP contribution is 2.30. The second-order valence-corrected chi connectivity index (χ2v) is 8.67. The van der Waals surface area contributed by atoms with Crippen LogP contribution in [0.25, 0.3) is 0 Å². The van der Waals surface area contributed by atoms with Crippen LogP contribution in [0.4, 0.5) is 5.69 Å². The number of carbonyl (C=O) groups is 1. The third-order valence-corrected chi connectivity index (χ3v) is 6.61. The van der Waals surface area contributed by atoms with Crippen LogP contribution < -0.4 is 15.0 Å². The lowest BCUT2D eigenvalue weighted by Crippen LogP contribution is -2.49. The number of anilines is 1. The Labute approximate surface area is 177 Å². The molecule has 1 aliphatic heterocycles. The maximum Gasteiger partial charge on any atom is 0.263 e. The summed E-state index contributed by atoms with van der Waals surface area (Å²) in [4.78, 5) is 14.5. The number of rotatable bonds is 8. The van der Waals surface area contributed by atoms with Crippen molar-refractivity contribution in [3.8, 4) is 5.75 Å². The van der Waals surface area contributed by atoms with Crippen molar-refractivity contribution in [2.75, 3.05) is 44.2 Å². The number of aryl methyl sites for hydroxylation is 1. The molecule has 30 heavy (non-hydrogen) atoms. The Morgan fingerprint density at radius 1 is 1.27 bits per heavy atom. The van der Waals surface area contributed by atoms with Gasteiger partial charge in [-0.2, -0.15) is 9.40 Å². The first-order chi connectivity index (χ1) is 14.4. The first-order valence-corrected chi connectivity index (χ1v) is 11.2. The summed E-state index contributed by atoms with van der Waals surface area (Å²) in [6, 6.07) is 7.72. The molecule has 0 unspecified atom stereocenters. The zero-order valence-electron chi connectivity index (χ0n) is 17.2. The van der Waals surface area contributed by atoms with Gasteiger partial charge in [-0.15, -0.1) is 6.58 Å². The molecule has 0 aliphatic carbocycles. The summed E-state index contributed by atoms with van der Waals surface area (Å²) in [6.45, 7) is 7.86. The molecule has 2 aromatic rings. The summed E-state index contributed by atoms with van der Waals surface area (Å²) >= 11 is 0. The summed E-state index contributed by atoms with van der Waals surface area (Å²) < 4.78 is 34.8. The van der Waals surface area contributed by atoms with Gasteiger partial charge >= 0.3 is 0 Å². The first kappa shape index (κ1) is 21.8. The van der Waals surface area contributed by atoms with Gasteiger partial charge in [0.15, 0.2) is 0 Å². The summed E-state index contributed by atoms with van der Waals surface area (Å²) in [7, 11) is -2.32. The van der Waals surface area contributed by atoms with E-state index >= 15 is 0 Å². The van der Waals surface area contributed by atoms with Gasteiger partial charge in [-0.3, -0.25) is 9.48 Å². The summed E-state index contributed by atoms with van der Waals surface area (Å²) in [5.74, 6) is 0.285. The number of sulfonamides is 1. The molecule has 2 heterocycles. The number of benzene rings is 1. The Morgan fingerprint density at radius 2 is 1.97 bits per heavy atom. The van der Waals surface area contributed by atoms with Crippen LogP contribution in [-0.2, 0) is 17.1 Å². The molecule has 1 aromatic carbocycles. The Kier molecular flexibility index (Phi) is 6.78. The lowest BCUT2D eigenvalue weighted by Gasteiger charge is -2.35. The zero-order valence-corrected chi connectivity index (χ0v) is 18.1. The standard InChI is InChI=1S/C20H27N5O4S/c1-4-10-21-19(26)16-15-23(3)22-20(16)30(27,28)25-13-11-24(12-14-25)17-8-6-7-9-18(17)29-5-2/h4,6-9,15H,1,5,10-14H2,2-3H3,(H,21,26). The van der Waals surface area contributed by atoms with E-state index in [9.17, 15) is 13.2 Å². The van der Waals surface area contributed by atoms with Crippen molar-refractivity contribution in [3.63, 3.8) is 0 Å². The predicted octanol–water partition coefficient (Wildman–Crippen LogP) is 1.25. The maximum absolute atomic E-state index is 13.2. The third kappa shape index (κ3) is 4.49. The van der Waals surface area contributed by atoms with Crippen LogP contribution in [0.15, 0.2) is 48.1 Å². The van der Waals surface area contributed by atoms with Crippen LogP contribution >= 0.6 is 0 Å². The highest BCUT2D eigenvalue weighted by molar-refractivity contribution is 7.89. The van der Waals surface area contributed by atoms with E-state index in [1.807, 2.05) is 31.2 Å². The van der Waals surface area contributed by atoms with Crippen molar-refractivity contribution >= 4 is 21.6 Å². The number of para-hydroxylation sites is 2. The van der Waals surface area contributed by atoms with E-state index in [2.05, 4.69) is 21.9 Å². The number of amides is 1. The fourth-order valence-electron chi connectivity index (χ4n) is 3.36. The van der Waals surface area contributed by atoms with Gasteiger partial charge in [-0.05, 0) is 19.1 Å². The number of hydrogen-bond donors (Lipinski definition) is 1. The van der Waals surface area contributed by atoms with Crippen molar-refractivity contribution < 1.29 is 17.9 Å². The average Bonchev–Trinajstić information content (AvgIpc) is 3.15. The Bertz CT molecular complexity index is 1010. The number of ether oxygens (including phenoxy) is 1. The van der Waals surface area contributed by atoms with Crippen molar-refractivity contribution in [1.82, 2.24) is 19.4 Å². The summed E-state index contributed by atoms with van der Waals surface area (Å²) in [5.41, 5.74) is 0.974. The molecule has 0 bridgehead atoms. The minimum atomic E-state index is -3.91. The molecule has 10 heteroatoms. The minimum Gasteiger partial charge on any atom is -0.492 e. The van der Waals surface area contributed by atoms with E-state index in [1.54, 1.807) is 7.05 Å². The van der Waals surface area contributed by atoms with E-state index in [1.165, 1.54) is 21.3 Å². The van der Waals surface area contributed by atoms with Crippen LogP contribution in [0, 0.1) is 0 Å². The predicted molar refractivity (Wildman–Crippen MR) is 114 cm³/mol. The SMILES string of the molecule is C=CCNC(=O)c1cn(C)nc1S(=O)(=O)N1CCN(c2ccccc2OCC)CC1. The molecule has 1 aliphatic rings. The lowest BCUT2D eigenvalue weighted by molar-refractivity contribution is 0.0954. The minimum absolute atomic E-state index is 0.0310. The monoisotopic (exact) mass is 433 g/mol. The van der Waals surface area contributed by atoms with Crippen molar-refractivity contribution in [1.29, 1.82) is 0 Å². The van der Waals surface area contributed by atoms with Crippen LogP contribution in [0.2, 0.25) is 0 Å². The van der Waals surface area contributed by atoms with Gasteiger partial charge in [0.2, 0.25) is 5.03 Å². The highest BCUT2D eigenvalue weighted by Gasteiger charge is 2.34. The number of nitrogens with one attached hydrogen (secondary N) is 1. The largest absolute Gasteiger partial charge is 0.492 e. The molecule has 0 spiro atoms. The van der Waals surface area contributed by atoms with Gasteiger partial charge in [-0.25, -0.2) is 8.42 Å². The topological polar surface area (TPSA) is 96.8 Å². The van der Waals surface area contributed by atoms with Crippen molar-refractivity contribution in [2.45, 2.75) is 11.9 Å². The van der Waals surface area contributed by atoms with Crippen LogP contribution in [-0.4, -0.2) is 67.7 Å². The lowest BCUT2D eigenvalue weighted by atomic mass is 10.2. The smallest absolute Gasteiger partial charge is 0.263 e. The number of nitrogens with zero attached hydrogens (tertiary/aromatic N) is 4. The molecule has 1 N–H and O–H groups in total. The normalized spacial score (nSPS) is 15.1. The van der Waals surface area contributed by atoms with Crippen molar-refractivity contribution in [2.24, 2.45) is 7.05 Å². The average molecular weight is 434 g/mol. The van der Waals surface area contributed by atoms with Gasteiger partial charge in [0.25, 0.3) is 15.9 Å². The molecule has 1 amide bonds. The Hall–Kier alpha value is -2.85. The van der Waals surface area contributed by atoms with Gasteiger partial charge < -0.3 is 15.0 Å². The molecule has 1 fully saturated rings. The molecule has 162 valence electrons.